The summed E-state index contributed by atoms with van der Waals surface area (Å²) in [4.78, 5) is 0.947. The second-order valence-electron chi connectivity index (χ2n) is 4.60. The molecule has 1 heterocycles. The fraction of sp³-hybridized carbons (Fsp3) is 0.0667. The molecule has 0 radical (unpaired) electrons. The van der Waals surface area contributed by atoms with Gasteiger partial charge in [0, 0.05) is 19.6 Å². The van der Waals surface area contributed by atoms with Crippen LogP contribution in [-0.2, 0) is 0 Å². The summed E-state index contributed by atoms with van der Waals surface area (Å²) in [6.07, 6.45) is 0. The van der Waals surface area contributed by atoms with Crippen LogP contribution in [0.15, 0.2) is 42.5 Å². The number of thiophene rings is 1. The van der Waals surface area contributed by atoms with Gasteiger partial charge in [0.15, 0.2) is 0 Å². The molecule has 1 atom stereocenters. The molecule has 3 rings (SSSR count). The Morgan fingerprint density at radius 3 is 2.67 bits per heavy atom. The predicted molar refractivity (Wildman–Crippen MR) is 87.4 cm³/mol. The smallest absolute Gasteiger partial charge is 0.123 e. The summed E-state index contributed by atoms with van der Waals surface area (Å²) < 4.78 is 14.3. The van der Waals surface area contributed by atoms with Crippen LogP contribution in [0.25, 0.3) is 10.1 Å². The van der Waals surface area contributed by atoms with Crippen LogP contribution in [0.3, 0.4) is 0 Å². The van der Waals surface area contributed by atoms with Gasteiger partial charge < -0.3 is 0 Å². The molecule has 1 aromatic heterocycles. The lowest BCUT2D eigenvalue weighted by atomic mass is 10.1. The van der Waals surface area contributed by atoms with Crippen LogP contribution in [0.1, 0.15) is 16.5 Å². The number of halogens is 3. The number of hydrazine groups is 1. The third-order valence-corrected chi connectivity index (χ3v) is 4.98. The molecule has 21 heavy (non-hydrogen) atoms. The van der Waals surface area contributed by atoms with Crippen LogP contribution in [-0.4, -0.2) is 0 Å². The fourth-order valence-electron chi connectivity index (χ4n) is 2.24. The van der Waals surface area contributed by atoms with Crippen LogP contribution >= 0.6 is 34.5 Å². The monoisotopic (exact) mass is 340 g/mol. The van der Waals surface area contributed by atoms with Gasteiger partial charge in [-0.15, -0.1) is 11.3 Å². The van der Waals surface area contributed by atoms with E-state index >= 15 is 0 Å². The van der Waals surface area contributed by atoms with Gasteiger partial charge in [0.2, 0.25) is 0 Å². The summed E-state index contributed by atoms with van der Waals surface area (Å²) >= 11 is 13.8. The quantitative estimate of drug-likeness (QED) is 0.525. The van der Waals surface area contributed by atoms with Crippen LogP contribution in [0.4, 0.5) is 4.39 Å². The third kappa shape index (κ3) is 2.91. The van der Waals surface area contributed by atoms with Gasteiger partial charge in [-0.25, -0.2) is 9.82 Å². The zero-order valence-corrected chi connectivity index (χ0v) is 13.1. The molecule has 0 bridgehead atoms. The number of nitrogens with two attached hydrogens (primary N) is 1. The molecule has 1 unspecified atom stereocenters. The van der Waals surface area contributed by atoms with Crippen molar-refractivity contribution in [3.63, 3.8) is 0 Å². The topological polar surface area (TPSA) is 38.0 Å². The second kappa shape index (κ2) is 5.91. The molecule has 6 heteroatoms. The van der Waals surface area contributed by atoms with E-state index < -0.39 is 0 Å². The molecular weight excluding hydrogens is 330 g/mol. The first kappa shape index (κ1) is 14.8. The van der Waals surface area contributed by atoms with Crippen molar-refractivity contribution >= 4 is 44.6 Å². The predicted octanol–water partition coefficient (Wildman–Crippen LogP) is 4.90. The highest BCUT2D eigenvalue weighted by molar-refractivity contribution is 7.19. The van der Waals surface area contributed by atoms with E-state index in [-0.39, 0.29) is 11.9 Å². The van der Waals surface area contributed by atoms with Crippen LogP contribution in [0.5, 0.6) is 0 Å². The molecule has 0 spiro atoms. The van der Waals surface area contributed by atoms with E-state index in [0.29, 0.717) is 10.0 Å². The van der Waals surface area contributed by atoms with Crippen molar-refractivity contribution < 1.29 is 4.39 Å². The van der Waals surface area contributed by atoms with E-state index in [1.54, 1.807) is 24.3 Å². The summed E-state index contributed by atoms with van der Waals surface area (Å²) in [6, 6.07) is 11.5. The summed E-state index contributed by atoms with van der Waals surface area (Å²) in [7, 11) is 0. The Morgan fingerprint density at radius 1 is 1.10 bits per heavy atom. The SMILES string of the molecule is NNC(c1cc2cc(F)ccc2s1)c1cc(Cl)ccc1Cl. The van der Waals surface area contributed by atoms with E-state index in [1.165, 1.54) is 23.5 Å². The summed E-state index contributed by atoms with van der Waals surface area (Å²) in [6.45, 7) is 0. The first-order valence-electron chi connectivity index (χ1n) is 6.18. The van der Waals surface area contributed by atoms with Gasteiger partial charge >= 0.3 is 0 Å². The molecule has 0 aliphatic heterocycles. The van der Waals surface area contributed by atoms with E-state index in [0.717, 1.165) is 20.5 Å². The molecule has 2 aromatic carbocycles. The Kier molecular flexibility index (Phi) is 4.15. The highest BCUT2D eigenvalue weighted by Gasteiger charge is 2.18. The molecule has 0 fully saturated rings. The fourth-order valence-corrected chi connectivity index (χ4v) is 3.77. The number of rotatable bonds is 3. The molecule has 0 aliphatic rings. The second-order valence-corrected chi connectivity index (χ2v) is 6.56. The lowest BCUT2D eigenvalue weighted by molar-refractivity contribution is 0.629. The molecular formula is C15H11Cl2FN2S. The van der Waals surface area contributed by atoms with E-state index in [4.69, 9.17) is 29.0 Å². The number of benzene rings is 2. The van der Waals surface area contributed by atoms with E-state index in [2.05, 4.69) is 5.43 Å². The molecule has 0 aliphatic carbocycles. The van der Waals surface area contributed by atoms with Gasteiger partial charge in [-0.05, 0) is 53.4 Å². The van der Waals surface area contributed by atoms with E-state index in [9.17, 15) is 4.39 Å². The molecule has 0 saturated heterocycles. The Balaban J connectivity index is 2.11. The van der Waals surface area contributed by atoms with Crippen molar-refractivity contribution in [2.24, 2.45) is 5.84 Å². The summed E-state index contributed by atoms with van der Waals surface area (Å²) in [5.74, 6) is 5.43. The van der Waals surface area contributed by atoms with Crippen molar-refractivity contribution in [1.29, 1.82) is 0 Å². The maximum absolute atomic E-state index is 13.3. The van der Waals surface area contributed by atoms with Gasteiger partial charge in [0.25, 0.3) is 0 Å². The van der Waals surface area contributed by atoms with Crippen molar-refractivity contribution in [2.75, 3.05) is 0 Å². The minimum absolute atomic E-state index is 0.259. The van der Waals surface area contributed by atoms with Gasteiger partial charge in [0.1, 0.15) is 5.82 Å². The Morgan fingerprint density at radius 2 is 1.90 bits per heavy atom. The van der Waals surface area contributed by atoms with E-state index in [1.807, 2.05) is 6.07 Å². The molecule has 2 nitrogen and oxygen atoms in total. The van der Waals surface area contributed by atoms with Gasteiger partial charge in [-0.3, -0.25) is 5.84 Å². The van der Waals surface area contributed by atoms with Crippen molar-refractivity contribution in [1.82, 2.24) is 5.43 Å². The number of nitrogens with one attached hydrogen (secondary N) is 1. The van der Waals surface area contributed by atoms with Crippen molar-refractivity contribution in [2.45, 2.75) is 6.04 Å². The lowest BCUT2D eigenvalue weighted by Crippen LogP contribution is -2.28. The number of fused-ring (bicyclic) bond motifs is 1. The lowest BCUT2D eigenvalue weighted by Gasteiger charge is -2.16. The largest absolute Gasteiger partial charge is 0.271 e. The minimum atomic E-state index is -0.295. The molecule has 108 valence electrons. The number of hydrogen-bond donors (Lipinski definition) is 2. The van der Waals surface area contributed by atoms with Crippen LogP contribution < -0.4 is 11.3 Å². The average Bonchev–Trinajstić information content (AvgIpc) is 2.86. The van der Waals surface area contributed by atoms with Gasteiger partial charge in [0.05, 0.1) is 6.04 Å². The number of hydrogen-bond acceptors (Lipinski definition) is 3. The highest BCUT2D eigenvalue weighted by Crippen LogP contribution is 2.36. The summed E-state index contributed by atoms with van der Waals surface area (Å²) in [5.41, 5.74) is 3.54. The molecule has 0 saturated carbocycles. The first-order valence-corrected chi connectivity index (χ1v) is 7.76. The third-order valence-electron chi connectivity index (χ3n) is 3.22. The van der Waals surface area contributed by atoms with Gasteiger partial charge in [-0.2, -0.15) is 0 Å². The van der Waals surface area contributed by atoms with Crippen LogP contribution in [0.2, 0.25) is 10.0 Å². The molecule has 3 N–H and O–H groups in total. The maximum atomic E-state index is 13.3. The Labute approximate surface area is 135 Å². The van der Waals surface area contributed by atoms with Crippen molar-refractivity contribution in [3.8, 4) is 0 Å². The first-order chi connectivity index (χ1) is 10.1. The Hall–Kier alpha value is -1.17. The summed E-state index contributed by atoms with van der Waals surface area (Å²) in [5, 5.41) is 2.00. The zero-order chi connectivity index (χ0) is 15.0. The standard InChI is InChI=1S/C15H11Cl2FN2S/c16-9-1-3-12(17)11(7-9)15(20-19)14-6-8-5-10(18)2-4-13(8)21-14/h1-7,15,20H,19H2. The molecule has 0 amide bonds. The maximum Gasteiger partial charge on any atom is 0.123 e. The average molecular weight is 341 g/mol. The zero-order valence-electron chi connectivity index (χ0n) is 10.7. The van der Waals surface area contributed by atoms with Crippen LogP contribution in [0, 0.1) is 5.82 Å². The van der Waals surface area contributed by atoms with Gasteiger partial charge in [-0.1, -0.05) is 23.2 Å². The molecule has 3 aromatic rings. The minimum Gasteiger partial charge on any atom is -0.271 e. The normalized spacial score (nSPS) is 12.8. The van der Waals surface area contributed by atoms with Crippen molar-refractivity contribution in [3.05, 3.63) is 68.8 Å². The highest BCUT2D eigenvalue weighted by atomic mass is 35.5. The Bertz CT molecular complexity index is 803.